The van der Waals surface area contributed by atoms with E-state index in [1.165, 1.54) is 12.1 Å². The number of aryl methyl sites for hydroxylation is 2. The molecule has 1 fully saturated rings. The molecule has 5 rings (SSSR count). The maximum Gasteiger partial charge on any atom is 0.319 e. The lowest BCUT2D eigenvalue weighted by Crippen LogP contribution is -2.31. The second-order valence-corrected chi connectivity index (χ2v) is 10.7. The molecule has 2 aromatic heterocycles. The predicted octanol–water partition coefficient (Wildman–Crippen LogP) is 4.85. The van der Waals surface area contributed by atoms with Crippen LogP contribution >= 0.6 is 0 Å². The number of carbonyl (C=O) groups is 1. The summed E-state index contributed by atoms with van der Waals surface area (Å²) in [5, 5.41) is 13.9. The molecule has 42 heavy (non-hydrogen) atoms. The Labute approximate surface area is 244 Å². The molecule has 2 amide bonds. The Morgan fingerprint density at radius 1 is 1.17 bits per heavy atom. The predicted molar refractivity (Wildman–Crippen MR) is 165 cm³/mol. The Morgan fingerprint density at radius 3 is 2.74 bits per heavy atom. The maximum absolute atomic E-state index is 14.0. The van der Waals surface area contributed by atoms with Crippen LogP contribution in [0.15, 0.2) is 59.9 Å². The van der Waals surface area contributed by atoms with Gasteiger partial charge in [-0.05, 0) is 80.1 Å². The van der Waals surface area contributed by atoms with Crippen molar-refractivity contribution in [2.24, 2.45) is 16.5 Å². The first-order valence-corrected chi connectivity index (χ1v) is 14.0. The third-order valence-corrected chi connectivity index (χ3v) is 7.53. The van der Waals surface area contributed by atoms with Gasteiger partial charge in [-0.15, -0.1) is 0 Å². The number of fused-ring (bicyclic) bond motifs is 1. The molecular formula is C31H37FN8O2. The third-order valence-electron chi connectivity index (χ3n) is 7.53. The summed E-state index contributed by atoms with van der Waals surface area (Å²) in [5.74, 6) is -0.139. The van der Waals surface area contributed by atoms with Gasteiger partial charge in [0.05, 0.1) is 35.3 Å². The first kappa shape index (κ1) is 29.0. The Morgan fingerprint density at radius 2 is 2.00 bits per heavy atom. The fourth-order valence-corrected chi connectivity index (χ4v) is 5.30. The van der Waals surface area contributed by atoms with Gasteiger partial charge in [0.15, 0.2) is 0 Å². The summed E-state index contributed by atoms with van der Waals surface area (Å²) < 4.78 is 20.7. The molecule has 10 nitrogen and oxygen atoms in total. The summed E-state index contributed by atoms with van der Waals surface area (Å²) in [7, 11) is 1.59. The Bertz CT molecular complexity index is 1630. The molecule has 2 aromatic carbocycles. The van der Waals surface area contributed by atoms with Crippen molar-refractivity contribution in [3.05, 3.63) is 77.4 Å². The summed E-state index contributed by atoms with van der Waals surface area (Å²) in [6.45, 7) is 4.72. The van der Waals surface area contributed by atoms with E-state index in [4.69, 9.17) is 16.2 Å². The molecule has 1 aliphatic rings. The SMILES string of the molecule is COCCNC(=O)Nc1ccc(-c2cc3c(N[C@@H]4CC[C@H](N)C4)c(C(N)=Nc4cc(F)ccc4C)cnn3c2)c(C)c1. The molecule has 7 N–H and O–H groups in total. The quantitative estimate of drug-likeness (QED) is 0.110. The Hall–Kier alpha value is -4.48. The highest BCUT2D eigenvalue weighted by molar-refractivity contribution is 6.06. The highest BCUT2D eigenvalue weighted by atomic mass is 19.1. The number of hydrogen-bond donors (Lipinski definition) is 5. The molecule has 0 saturated heterocycles. The summed E-state index contributed by atoms with van der Waals surface area (Å²) >= 11 is 0. The van der Waals surface area contributed by atoms with Crippen LogP contribution in [0.2, 0.25) is 0 Å². The van der Waals surface area contributed by atoms with Crippen LogP contribution in [0, 0.1) is 19.7 Å². The molecule has 0 spiro atoms. The van der Waals surface area contributed by atoms with E-state index < -0.39 is 0 Å². The number of methoxy groups -OCH3 is 1. The number of aliphatic imine (C=N–C) groups is 1. The number of hydrogen-bond acceptors (Lipinski definition) is 6. The lowest BCUT2D eigenvalue weighted by molar-refractivity contribution is 0.198. The van der Waals surface area contributed by atoms with Gasteiger partial charge in [-0.2, -0.15) is 5.10 Å². The van der Waals surface area contributed by atoms with Gasteiger partial charge < -0.3 is 32.2 Å². The lowest BCUT2D eigenvalue weighted by Gasteiger charge is -2.18. The Kier molecular flexibility index (Phi) is 8.69. The van der Waals surface area contributed by atoms with Gasteiger partial charge in [-0.3, -0.25) is 0 Å². The second-order valence-electron chi connectivity index (χ2n) is 10.7. The Balaban J connectivity index is 1.50. The van der Waals surface area contributed by atoms with Crippen LogP contribution in [0.1, 0.15) is 36.0 Å². The number of ether oxygens (including phenoxy) is 1. The second kappa shape index (κ2) is 12.6. The van der Waals surface area contributed by atoms with Gasteiger partial charge in [-0.25, -0.2) is 18.7 Å². The number of amidine groups is 1. The molecule has 4 aromatic rings. The van der Waals surface area contributed by atoms with E-state index >= 15 is 0 Å². The summed E-state index contributed by atoms with van der Waals surface area (Å²) in [6.07, 6.45) is 6.37. The van der Waals surface area contributed by atoms with Crippen molar-refractivity contribution in [1.29, 1.82) is 0 Å². The van der Waals surface area contributed by atoms with Crippen LogP contribution in [0.25, 0.3) is 16.6 Å². The van der Waals surface area contributed by atoms with E-state index in [1.54, 1.807) is 19.4 Å². The number of rotatable bonds is 9. The number of nitrogens with two attached hydrogens (primary N) is 2. The first-order chi connectivity index (χ1) is 20.2. The lowest BCUT2D eigenvalue weighted by atomic mass is 10.0. The van der Waals surface area contributed by atoms with Crippen molar-refractivity contribution in [1.82, 2.24) is 14.9 Å². The van der Waals surface area contributed by atoms with Crippen molar-refractivity contribution in [3.63, 3.8) is 0 Å². The van der Waals surface area contributed by atoms with E-state index in [9.17, 15) is 9.18 Å². The van der Waals surface area contributed by atoms with Crippen LogP contribution in [-0.2, 0) is 4.74 Å². The number of benzene rings is 2. The average molecular weight is 573 g/mol. The van der Waals surface area contributed by atoms with E-state index in [-0.39, 0.29) is 29.8 Å². The normalized spacial score (nSPS) is 17.0. The first-order valence-electron chi connectivity index (χ1n) is 14.0. The molecule has 0 aliphatic heterocycles. The number of anilines is 2. The van der Waals surface area contributed by atoms with Crippen molar-refractivity contribution >= 4 is 34.4 Å². The average Bonchev–Trinajstić information content (AvgIpc) is 3.57. The van der Waals surface area contributed by atoms with Gasteiger partial charge >= 0.3 is 6.03 Å². The van der Waals surface area contributed by atoms with Crippen molar-refractivity contribution < 1.29 is 13.9 Å². The van der Waals surface area contributed by atoms with Crippen LogP contribution in [0.4, 0.5) is 26.2 Å². The molecule has 1 saturated carbocycles. The minimum Gasteiger partial charge on any atom is -0.383 e. The largest absolute Gasteiger partial charge is 0.383 e. The number of halogens is 1. The van der Waals surface area contributed by atoms with Gasteiger partial charge in [-0.1, -0.05) is 12.1 Å². The van der Waals surface area contributed by atoms with Gasteiger partial charge in [0.1, 0.15) is 11.7 Å². The molecule has 0 unspecified atom stereocenters. The number of amides is 2. The van der Waals surface area contributed by atoms with Gasteiger partial charge in [0, 0.05) is 43.2 Å². The molecule has 220 valence electrons. The fraction of sp³-hybridized carbons (Fsp3) is 0.323. The topological polar surface area (TPSA) is 144 Å². The van der Waals surface area contributed by atoms with Crippen molar-refractivity contribution in [2.75, 3.05) is 30.9 Å². The van der Waals surface area contributed by atoms with Gasteiger partial charge in [0.25, 0.3) is 0 Å². The molecular weight excluding hydrogens is 535 g/mol. The van der Waals surface area contributed by atoms with E-state index in [1.807, 2.05) is 42.8 Å². The number of urea groups is 1. The van der Waals surface area contributed by atoms with Crippen LogP contribution < -0.4 is 27.4 Å². The molecule has 2 heterocycles. The van der Waals surface area contributed by atoms with Crippen molar-refractivity contribution in [3.8, 4) is 11.1 Å². The molecule has 1 aliphatic carbocycles. The van der Waals surface area contributed by atoms with Crippen LogP contribution in [0.3, 0.4) is 0 Å². The summed E-state index contributed by atoms with van der Waals surface area (Å²) in [5.41, 5.74) is 19.9. The molecule has 0 radical (unpaired) electrons. The maximum atomic E-state index is 14.0. The third kappa shape index (κ3) is 6.53. The zero-order valence-corrected chi connectivity index (χ0v) is 24.1. The zero-order valence-electron chi connectivity index (χ0n) is 24.1. The zero-order chi connectivity index (χ0) is 29.8. The molecule has 11 heteroatoms. The van der Waals surface area contributed by atoms with Crippen LogP contribution in [-0.4, -0.2) is 53.8 Å². The van der Waals surface area contributed by atoms with E-state index in [2.05, 4.69) is 32.1 Å². The van der Waals surface area contributed by atoms with Crippen LogP contribution in [0.5, 0.6) is 0 Å². The highest BCUT2D eigenvalue weighted by Gasteiger charge is 2.24. The number of nitrogens with zero attached hydrogens (tertiary/aromatic N) is 3. The smallest absolute Gasteiger partial charge is 0.319 e. The summed E-state index contributed by atoms with van der Waals surface area (Å²) in [4.78, 5) is 16.7. The minimum atomic E-state index is -0.376. The summed E-state index contributed by atoms with van der Waals surface area (Å²) in [6, 6.07) is 12.3. The van der Waals surface area contributed by atoms with E-state index in [0.29, 0.717) is 30.1 Å². The fourth-order valence-electron chi connectivity index (χ4n) is 5.30. The number of nitrogens with one attached hydrogen (secondary N) is 3. The number of carbonyl (C=O) groups excluding carboxylic acids is 1. The van der Waals surface area contributed by atoms with E-state index in [0.717, 1.165) is 52.7 Å². The monoisotopic (exact) mass is 572 g/mol. The van der Waals surface area contributed by atoms with Crippen molar-refractivity contribution in [2.45, 2.75) is 45.2 Å². The number of aromatic nitrogens is 2. The molecule has 2 atom stereocenters. The molecule has 0 bridgehead atoms. The minimum absolute atomic E-state index is 0.143. The van der Waals surface area contributed by atoms with Gasteiger partial charge in [0.2, 0.25) is 0 Å². The standard InChI is InChI=1S/C31H37FN8O2/c1-18-4-5-21(32)14-27(18)39-30(34)26-16-36-40-17-20(13-28(40)29(26)37-24-7-6-22(33)15-24)25-9-8-23(12-19(25)2)38-31(41)35-10-11-42-3/h4-5,8-9,12-14,16-17,22,24,37H,6-7,10-11,15,33H2,1-3H3,(H2,34,39)(H2,35,38,41)/t22-,24+/m0/s1. The highest BCUT2D eigenvalue weighted by Crippen LogP contribution is 2.33.